The number of hydrogen-bond donors (Lipinski definition) is 1. The highest BCUT2D eigenvalue weighted by Gasteiger charge is 2.20. The fourth-order valence-electron chi connectivity index (χ4n) is 3.07. The van der Waals surface area contributed by atoms with Gasteiger partial charge in [-0.05, 0) is 54.6 Å². The van der Waals surface area contributed by atoms with Crippen molar-refractivity contribution in [1.29, 1.82) is 0 Å². The van der Waals surface area contributed by atoms with Crippen LogP contribution in [0.25, 0.3) is 0 Å². The van der Waals surface area contributed by atoms with Crippen LogP contribution in [0.15, 0.2) is 72.8 Å². The van der Waals surface area contributed by atoms with Crippen molar-refractivity contribution in [1.82, 2.24) is 5.32 Å². The number of nitrogens with zero attached hydrogens (tertiary/aromatic N) is 1. The molecule has 0 bridgehead atoms. The van der Waals surface area contributed by atoms with Gasteiger partial charge in [0, 0.05) is 11.1 Å². The predicted molar refractivity (Wildman–Crippen MR) is 125 cm³/mol. The van der Waals surface area contributed by atoms with Crippen LogP contribution in [0.2, 0.25) is 0 Å². The molecule has 0 unspecified atom stereocenters. The van der Waals surface area contributed by atoms with Gasteiger partial charge in [0.05, 0.1) is 32.1 Å². The highest BCUT2D eigenvalue weighted by molar-refractivity contribution is 7.92. The summed E-state index contributed by atoms with van der Waals surface area (Å²) in [7, 11) is -2.09. The molecule has 3 rings (SSSR count). The van der Waals surface area contributed by atoms with Gasteiger partial charge in [-0.25, -0.2) is 12.8 Å². The molecule has 3 aromatic carbocycles. The Balaban J connectivity index is 1.59. The third-order valence-corrected chi connectivity index (χ3v) is 5.95. The van der Waals surface area contributed by atoms with Gasteiger partial charge in [0.2, 0.25) is 10.0 Å². The first-order chi connectivity index (χ1) is 15.8. The fraction of sp³-hybridized carbons (Fsp3) is 0.208. The molecule has 7 nitrogen and oxygen atoms in total. The topological polar surface area (TPSA) is 84.9 Å². The SMILES string of the molecule is COc1ccc(OCCNC(=O)c2ccc(N(Cc3ccccc3F)S(C)(=O)=O)cc2)cc1. The van der Waals surface area contributed by atoms with E-state index < -0.39 is 15.8 Å². The monoisotopic (exact) mass is 472 g/mol. The molecule has 3 aromatic rings. The molecule has 9 heteroatoms. The van der Waals surface area contributed by atoms with E-state index in [9.17, 15) is 17.6 Å². The minimum atomic E-state index is -3.67. The molecule has 0 aliphatic rings. The van der Waals surface area contributed by atoms with Crippen molar-refractivity contribution in [2.75, 3.05) is 30.8 Å². The molecule has 0 aliphatic carbocycles. The van der Waals surface area contributed by atoms with Crippen LogP contribution < -0.4 is 19.1 Å². The van der Waals surface area contributed by atoms with Gasteiger partial charge >= 0.3 is 0 Å². The summed E-state index contributed by atoms with van der Waals surface area (Å²) in [4.78, 5) is 12.4. The van der Waals surface area contributed by atoms with Crippen molar-refractivity contribution in [3.05, 3.63) is 89.7 Å². The molecule has 0 heterocycles. The molecular weight excluding hydrogens is 447 g/mol. The lowest BCUT2D eigenvalue weighted by atomic mass is 10.1. The van der Waals surface area contributed by atoms with Crippen LogP contribution in [0.1, 0.15) is 15.9 Å². The van der Waals surface area contributed by atoms with Crippen molar-refractivity contribution in [2.45, 2.75) is 6.54 Å². The molecule has 0 atom stereocenters. The largest absolute Gasteiger partial charge is 0.497 e. The first-order valence-corrected chi connectivity index (χ1v) is 12.0. The summed E-state index contributed by atoms with van der Waals surface area (Å²) in [5.74, 6) is 0.575. The number of carbonyl (C=O) groups excluding carboxylic acids is 1. The molecule has 1 amide bonds. The van der Waals surface area contributed by atoms with E-state index >= 15 is 0 Å². The highest BCUT2D eigenvalue weighted by Crippen LogP contribution is 2.22. The summed E-state index contributed by atoms with van der Waals surface area (Å²) < 4.78 is 50.4. The van der Waals surface area contributed by atoms with E-state index in [4.69, 9.17) is 9.47 Å². The first-order valence-electron chi connectivity index (χ1n) is 10.1. The second-order valence-electron chi connectivity index (χ2n) is 7.19. The third kappa shape index (κ3) is 6.69. The maximum absolute atomic E-state index is 14.0. The molecule has 33 heavy (non-hydrogen) atoms. The Morgan fingerprint density at radius 3 is 2.21 bits per heavy atom. The van der Waals surface area contributed by atoms with Gasteiger partial charge in [0.15, 0.2) is 0 Å². The fourth-order valence-corrected chi connectivity index (χ4v) is 3.95. The van der Waals surface area contributed by atoms with Crippen LogP contribution in [0, 0.1) is 5.82 Å². The lowest BCUT2D eigenvalue weighted by molar-refractivity contribution is 0.0947. The van der Waals surface area contributed by atoms with Crippen LogP contribution in [-0.2, 0) is 16.6 Å². The van der Waals surface area contributed by atoms with Crippen molar-refractivity contribution in [3.8, 4) is 11.5 Å². The van der Waals surface area contributed by atoms with E-state index in [0.29, 0.717) is 17.0 Å². The van der Waals surface area contributed by atoms with Gasteiger partial charge in [-0.3, -0.25) is 9.10 Å². The zero-order chi connectivity index (χ0) is 23.8. The molecule has 1 N–H and O–H groups in total. The summed E-state index contributed by atoms with van der Waals surface area (Å²) in [5.41, 5.74) is 0.948. The van der Waals surface area contributed by atoms with Crippen LogP contribution in [0.3, 0.4) is 0 Å². The van der Waals surface area contributed by atoms with E-state index in [2.05, 4.69) is 5.32 Å². The van der Waals surface area contributed by atoms with Crippen LogP contribution in [0.5, 0.6) is 11.5 Å². The van der Waals surface area contributed by atoms with E-state index in [1.165, 1.54) is 36.4 Å². The lowest BCUT2D eigenvalue weighted by Gasteiger charge is -2.23. The lowest BCUT2D eigenvalue weighted by Crippen LogP contribution is -2.30. The Bertz CT molecular complexity index is 1180. The van der Waals surface area contributed by atoms with Crippen molar-refractivity contribution >= 4 is 21.6 Å². The molecule has 0 saturated heterocycles. The Morgan fingerprint density at radius 1 is 0.970 bits per heavy atom. The molecule has 0 aliphatic heterocycles. The molecular formula is C24H25FN2O5S. The molecule has 0 saturated carbocycles. The highest BCUT2D eigenvalue weighted by atomic mass is 32.2. The predicted octanol–water partition coefficient (Wildman–Crippen LogP) is 3.61. The number of benzene rings is 3. The minimum Gasteiger partial charge on any atom is -0.497 e. The van der Waals surface area contributed by atoms with E-state index in [1.807, 2.05) is 0 Å². The van der Waals surface area contributed by atoms with E-state index in [1.54, 1.807) is 43.5 Å². The number of anilines is 1. The summed E-state index contributed by atoms with van der Waals surface area (Å²) in [6.07, 6.45) is 1.05. The summed E-state index contributed by atoms with van der Waals surface area (Å²) in [6, 6.07) is 19.2. The standard InChI is InChI=1S/C24H25FN2O5S/c1-31-21-11-13-22(14-12-21)32-16-15-26-24(28)18-7-9-20(10-8-18)27(33(2,29)30)17-19-5-3-4-6-23(19)25/h3-14H,15-17H2,1-2H3,(H,26,28). The van der Waals surface area contributed by atoms with Crippen molar-refractivity contribution in [3.63, 3.8) is 0 Å². The number of nitrogens with one attached hydrogen (secondary N) is 1. The number of hydrogen-bond acceptors (Lipinski definition) is 5. The van der Waals surface area contributed by atoms with Gasteiger partial charge in [0.25, 0.3) is 5.91 Å². The Kier molecular flexibility index (Phi) is 7.89. The average molecular weight is 473 g/mol. The van der Waals surface area contributed by atoms with E-state index in [0.717, 1.165) is 16.3 Å². The quantitative estimate of drug-likeness (QED) is 0.456. The second kappa shape index (κ2) is 10.8. The molecule has 0 spiro atoms. The van der Waals surface area contributed by atoms with Gasteiger partial charge in [-0.2, -0.15) is 0 Å². The number of halogens is 1. The molecule has 0 aromatic heterocycles. The van der Waals surface area contributed by atoms with Gasteiger partial charge in [-0.1, -0.05) is 18.2 Å². The smallest absolute Gasteiger partial charge is 0.251 e. The minimum absolute atomic E-state index is 0.153. The van der Waals surface area contributed by atoms with E-state index in [-0.39, 0.29) is 31.2 Å². The third-order valence-electron chi connectivity index (χ3n) is 4.81. The Labute approximate surface area is 192 Å². The van der Waals surface area contributed by atoms with Crippen LogP contribution in [0.4, 0.5) is 10.1 Å². The number of rotatable bonds is 10. The van der Waals surface area contributed by atoms with Gasteiger partial charge < -0.3 is 14.8 Å². The van der Waals surface area contributed by atoms with Crippen molar-refractivity contribution < 1.29 is 27.1 Å². The number of amides is 1. The summed E-state index contributed by atoms with van der Waals surface area (Å²) >= 11 is 0. The Morgan fingerprint density at radius 2 is 1.61 bits per heavy atom. The molecule has 0 radical (unpaired) electrons. The van der Waals surface area contributed by atoms with Crippen LogP contribution in [-0.4, -0.2) is 40.8 Å². The zero-order valence-corrected chi connectivity index (χ0v) is 19.1. The number of ether oxygens (including phenoxy) is 2. The first kappa shape index (κ1) is 24.1. The molecule has 174 valence electrons. The summed E-state index contributed by atoms with van der Waals surface area (Å²) in [5, 5.41) is 2.75. The van der Waals surface area contributed by atoms with Crippen molar-refractivity contribution in [2.24, 2.45) is 0 Å². The maximum Gasteiger partial charge on any atom is 0.251 e. The number of sulfonamides is 1. The number of carbonyl (C=O) groups is 1. The molecule has 0 fully saturated rings. The Hall–Kier alpha value is -3.59. The second-order valence-corrected chi connectivity index (χ2v) is 9.09. The van der Waals surface area contributed by atoms with Gasteiger partial charge in [0.1, 0.15) is 23.9 Å². The zero-order valence-electron chi connectivity index (χ0n) is 18.3. The van der Waals surface area contributed by atoms with Crippen LogP contribution >= 0.6 is 0 Å². The normalized spacial score (nSPS) is 11.0. The van der Waals surface area contributed by atoms with Gasteiger partial charge in [-0.15, -0.1) is 0 Å². The number of methoxy groups -OCH3 is 1. The maximum atomic E-state index is 14.0. The average Bonchev–Trinajstić information content (AvgIpc) is 2.81. The summed E-state index contributed by atoms with van der Waals surface area (Å²) in [6.45, 7) is 0.412.